The lowest BCUT2D eigenvalue weighted by Gasteiger charge is -2.20. The Morgan fingerprint density at radius 2 is 1.71 bits per heavy atom. The van der Waals surface area contributed by atoms with Crippen LogP contribution in [0.15, 0.2) is 4.99 Å². The molecule has 0 atom stereocenters. The average Bonchev–Trinajstić information content (AvgIpc) is 3.02. The summed E-state index contributed by atoms with van der Waals surface area (Å²) < 4.78 is 0. The number of guanidine groups is 1. The van der Waals surface area contributed by atoms with Gasteiger partial charge in [-0.2, -0.15) is 0 Å². The van der Waals surface area contributed by atoms with Crippen molar-refractivity contribution in [2.45, 2.75) is 51.4 Å². The Balaban J connectivity index is 1.48. The Hall–Kier alpha value is -0.810. The van der Waals surface area contributed by atoms with Crippen molar-refractivity contribution in [2.24, 2.45) is 10.9 Å². The van der Waals surface area contributed by atoms with E-state index in [1.165, 1.54) is 84.1 Å². The third kappa shape index (κ3) is 7.84. The molecule has 5 heteroatoms. The molecule has 1 saturated heterocycles. The zero-order valence-electron chi connectivity index (χ0n) is 16.0. The lowest BCUT2D eigenvalue weighted by atomic mass is 10.0. The van der Waals surface area contributed by atoms with E-state index in [9.17, 15) is 0 Å². The summed E-state index contributed by atoms with van der Waals surface area (Å²) in [5.41, 5.74) is 0. The first-order valence-electron chi connectivity index (χ1n) is 10.1. The van der Waals surface area contributed by atoms with Crippen LogP contribution in [0.5, 0.6) is 0 Å². The summed E-state index contributed by atoms with van der Waals surface area (Å²) in [6, 6.07) is 0. The topological polar surface area (TPSA) is 42.9 Å². The van der Waals surface area contributed by atoms with Gasteiger partial charge >= 0.3 is 0 Å². The highest BCUT2D eigenvalue weighted by Gasteiger charge is 2.14. The minimum atomic E-state index is 0.969. The highest BCUT2D eigenvalue weighted by Crippen LogP contribution is 2.28. The molecule has 0 radical (unpaired) electrons. The summed E-state index contributed by atoms with van der Waals surface area (Å²) in [7, 11) is 4.10. The molecule has 1 heterocycles. The lowest BCUT2D eigenvalue weighted by Crippen LogP contribution is -2.39. The van der Waals surface area contributed by atoms with Crippen molar-refractivity contribution in [1.82, 2.24) is 20.4 Å². The molecule has 0 amide bonds. The van der Waals surface area contributed by atoms with Crippen LogP contribution in [0.25, 0.3) is 0 Å². The van der Waals surface area contributed by atoms with Gasteiger partial charge in [0.1, 0.15) is 0 Å². The number of hydrogen-bond acceptors (Lipinski definition) is 3. The van der Waals surface area contributed by atoms with E-state index in [0.29, 0.717) is 0 Å². The molecule has 1 saturated carbocycles. The molecule has 1 aliphatic heterocycles. The zero-order valence-corrected chi connectivity index (χ0v) is 16.0. The fourth-order valence-electron chi connectivity index (χ4n) is 3.95. The van der Waals surface area contributed by atoms with Crippen molar-refractivity contribution in [2.75, 3.05) is 59.9 Å². The number of nitrogens with one attached hydrogen (secondary N) is 2. The molecule has 5 nitrogen and oxygen atoms in total. The van der Waals surface area contributed by atoms with Gasteiger partial charge < -0.3 is 20.4 Å². The van der Waals surface area contributed by atoms with Gasteiger partial charge in [-0.1, -0.05) is 25.7 Å². The summed E-state index contributed by atoms with van der Waals surface area (Å²) in [6.07, 6.45) is 11.0. The van der Waals surface area contributed by atoms with E-state index in [2.05, 4.69) is 32.5 Å². The maximum Gasteiger partial charge on any atom is 0.190 e. The second-order valence-electron chi connectivity index (χ2n) is 7.57. The van der Waals surface area contributed by atoms with Crippen molar-refractivity contribution in [1.29, 1.82) is 0 Å². The monoisotopic (exact) mass is 337 g/mol. The van der Waals surface area contributed by atoms with Gasteiger partial charge in [0, 0.05) is 33.2 Å². The number of likely N-dealkylation sites (N-methyl/N-ethyl adjacent to an activating group) is 1. The van der Waals surface area contributed by atoms with Gasteiger partial charge in [0.25, 0.3) is 0 Å². The zero-order chi connectivity index (χ0) is 17.0. The number of rotatable bonds is 8. The van der Waals surface area contributed by atoms with Crippen LogP contribution in [-0.2, 0) is 0 Å². The second kappa shape index (κ2) is 11.7. The Morgan fingerprint density at radius 3 is 2.46 bits per heavy atom. The van der Waals surface area contributed by atoms with E-state index in [1.807, 2.05) is 7.05 Å². The van der Waals surface area contributed by atoms with Crippen molar-refractivity contribution in [3.8, 4) is 0 Å². The molecular formula is C19H39N5. The third-order valence-corrected chi connectivity index (χ3v) is 5.54. The van der Waals surface area contributed by atoms with Crippen LogP contribution in [0.3, 0.4) is 0 Å². The highest BCUT2D eigenvalue weighted by atomic mass is 15.2. The van der Waals surface area contributed by atoms with Crippen molar-refractivity contribution in [3.63, 3.8) is 0 Å². The van der Waals surface area contributed by atoms with E-state index in [4.69, 9.17) is 0 Å². The first kappa shape index (κ1) is 19.5. The molecule has 0 spiro atoms. The van der Waals surface area contributed by atoms with Crippen LogP contribution in [0, 0.1) is 5.92 Å². The fourth-order valence-corrected chi connectivity index (χ4v) is 3.95. The first-order valence-corrected chi connectivity index (χ1v) is 10.1. The number of aliphatic imine (C=N–C) groups is 1. The van der Waals surface area contributed by atoms with Crippen LogP contribution in [-0.4, -0.2) is 75.7 Å². The summed E-state index contributed by atoms with van der Waals surface area (Å²) >= 11 is 0. The maximum atomic E-state index is 4.34. The Labute approximate surface area is 149 Å². The molecular weight excluding hydrogens is 298 g/mol. The van der Waals surface area contributed by atoms with Gasteiger partial charge in [-0.05, 0) is 58.3 Å². The van der Waals surface area contributed by atoms with Gasteiger partial charge in [-0.3, -0.25) is 4.99 Å². The molecule has 2 rings (SSSR count). The molecule has 2 N–H and O–H groups in total. The van der Waals surface area contributed by atoms with E-state index in [-0.39, 0.29) is 0 Å². The molecule has 0 aromatic rings. The first-order chi connectivity index (χ1) is 11.8. The summed E-state index contributed by atoms with van der Waals surface area (Å²) in [6.45, 7) is 8.16. The minimum Gasteiger partial charge on any atom is -0.356 e. The second-order valence-corrected chi connectivity index (χ2v) is 7.57. The van der Waals surface area contributed by atoms with Gasteiger partial charge in [-0.15, -0.1) is 0 Å². The lowest BCUT2D eigenvalue weighted by molar-refractivity contribution is 0.274. The van der Waals surface area contributed by atoms with Crippen LogP contribution < -0.4 is 10.6 Å². The summed E-state index contributed by atoms with van der Waals surface area (Å²) in [4.78, 5) is 9.38. The van der Waals surface area contributed by atoms with Gasteiger partial charge in [0.05, 0.1) is 0 Å². The van der Waals surface area contributed by atoms with E-state index < -0.39 is 0 Å². The molecule has 24 heavy (non-hydrogen) atoms. The molecule has 2 aliphatic rings. The number of hydrogen-bond donors (Lipinski definition) is 2. The number of nitrogens with zero attached hydrogens (tertiary/aromatic N) is 3. The predicted molar refractivity (Wildman–Crippen MR) is 104 cm³/mol. The van der Waals surface area contributed by atoms with Crippen molar-refractivity contribution in [3.05, 3.63) is 0 Å². The molecule has 1 aliphatic carbocycles. The Morgan fingerprint density at radius 1 is 0.958 bits per heavy atom. The predicted octanol–water partition coefficient (Wildman–Crippen LogP) is 2.15. The maximum absolute atomic E-state index is 4.34. The SMILES string of the molecule is CN=C(NCCCC1CCCC1)NCCCN1CCCN(C)CC1. The average molecular weight is 338 g/mol. The van der Waals surface area contributed by atoms with Crippen LogP contribution in [0.1, 0.15) is 51.4 Å². The molecule has 140 valence electrons. The standard InChI is InChI=1S/C19H39N5/c1-20-19(21-11-5-10-18-8-3-4-9-18)22-12-6-14-24-15-7-13-23(2)16-17-24/h18H,3-17H2,1-2H3,(H2,20,21,22). The third-order valence-electron chi connectivity index (χ3n) is 5.54. The van der Waals surface area contributed by atoms with Crippen LogP contribution >= 0.6 is 0 Å². The van der Waals surface area contributed by atoms with Gasteiger partial charge in [0.15, 0.2) is 5.96 Å². The molecule has 0 aromatic carbocycles. The highest BCUT2D eigenvalue weighted by molar-refractivity contribution is 5.79. The van der Waals surface area contributed by atoms with E-state index >= 15 is 0 Å². The summed E-state index contributed by atoms with van der Waals surface area (Å²) in [5, 5.41) is 6.93. The molecule has 0 bridgehead atoms. The van der Waals surface area contributed by atoms with Crippen LogP contribution in [0.2, 0.25) is 0 Å². The quantitative estimate of drug-likeness (QED) is 0.405. The largest absolute Gasteiger partial charge is 0.356 e. The van der Waals surface area contributed by atoms with Crippen molar-refractivity contribution >= 4 is 5.96 Å². The van der Waals surface area contributed by atoms with E-state index in [0.717, 1.165) is 25.0 Å². The summed E-state index contributed by atoms with van der Waals surface area (Å²) in [5.74, 6) is 1.96. The smallest absolute Gasteiger partial charge is 0.190 e. The molecule has 2 fully saturated rings. The normalized spacial score (nSPS) is 21.8. The van der Waals surface area contributed by atoms with Crippen LogP contribution in [0.4, 0.5) is 0 Å². The van der Waals surface area contributed by atoms with Gasteiger partial charge in [0.2, 0.25) is 0 Å². The molecule has 0 aromatic heterocycles. The van der Waals surface area contributed by atoms with Crippen molar-refractivity contribution < 1.29 is 0 Å². The minimum absolute atomic E-state index is 0.969. The molecule has 0 unspecified atom stereocenters. The van der Waals surface area contributed by atoms with Gasteiger partial charge in [-0.25, -0.2) is 0 Å². The Bertz CT molecular complexity index is 352. The Kier molecular flexibility index (Phi) is 9.51. The fraction of sp³-hybridized carbons (Fsp3) is 0.947. The van der Waals surface area contributed by atoms with E-state index in [1.54, 1.807) is 0 Å².